The van der Waals surface area contributed by atoms with Crippen molar-refractivity contribution in [3.05, 3.63) is 28.8 Å². The van der Waals surface area contributed by atoms with Gasteiger partial charge in [0, 0.05) is 24.7 Å². The SMILES string of the molecule is Cc1c(O)c(C=O)c2nc3c(O)ccc(C(=O)NC4CCN(CI)CC4)c3nc2c1O. The molecule has 1 aromatic heterocycles. The number of nitrogens with one attached hydrogen (secondary N) is 1. The number of aromatic hydroxyl groups is 3. The van der Waals surface area contributed by atoms with Crippen molar-refractivity contribution in [3.63, 3.8) is 0 Å². The molecule has 1 saturated heterocycles. The predicted octanol–water partition coefficient (Wildman–Crippen LogP) is 2.61. The van der Waals surface area contributed by atoms with E-state index in [0.29, 0.717) is 6.29 Å². The number of rotatable bonds is 4. The fraction of sp³-hybridized carbons (Fsp3) is 0.333. The number of fused-ring (bicyclic) bond motifs is 2. The molecule has 0 aliphatic carbocycles. The highest BCUT2D eigenvalue weighted by Gasteiger charge is 2.24. The minimum absolute atomic E-state index is 0.00522. The molecule has 0 saturated carbocycles. The Hall–Kier alpha value is -2.73. The number of aromatic nitrogens is 2. The van der Waals surface area contributed by atoms with Crippen LogP contribution in [0.25, 0.3) is 22.1 Å². The van der Waals surface area contributed by atoms with Crippen LogP contribution in [0.15, 0.2) is 12.1 Å². The van der Waals surface area contributed by atoms with Crippen molar-refractivity contribution in [3.8, 4) is 17.2 Å². The van der Waals surface area contributed by atoms with E-state index in [1.165, 1.54) is 19.1 Å². The Morgan fingerprint density at radius 2 is 1.81 bits per heavy atom. The van der Waals surface area contributed by atoms with Gasteiger partial charge in [0.2, 0.25) is 0 Å². The number of hydrogen-bond acceptors (Lipinski definition) is 8. The number of aldehydes is 1. The number of halogens is 1. The summed E-state index contributed by atoms with van der Waals surface area (Å²) in [5.41, 5.74) is 0.170. The Morgan fingerprint density at radius 1 is 1.13 bits per heavy atom. The van der Waals surface area contributed by atoms with E-state index >= 15 is 0 Å². The van der Waals surface area contributed by atoms with Crippen molar-refractivity contribution in [2.45, 2.75) is 25.8 Å². The van der Waals surface area contributed by atoms with E-state index < -0.39 is 5.75 Å². The third kappa shape index (κ3) is 3.74. The highest BCUT2D eigenvalue weighted by molar-refractivity contribution is 14.1. The third-order valence-corrected chi connectivity index (χ3v) is 6.67. The summed E-state index contributed by atoms with van der Waals surface area (Å²) in [4.78, 5) is 35.5. The molecule has 1 fully saturated rings. The second kappa shape index (κ2) is 8.42. The first kappa shape index (κ1) is 21.5. The molecule has 10 heteroatoms. The van der Waals surface area contributed by atoms with Gasteiger partial charge in [0.05, 0.1) is 15.7 Å². The summed E-state index contributed by atoms with van der Waals surface area (Å²) < 4.78 is 0.949. The Balaban J connectivity index is 1.81. The highest BCUT2D eigenvalue weighted by Crippen LogP contribution is 2.38. The van der Waals surface area contributed by atoms with Crippen molar-refractivity contribution < 1.29 is 24.9 Å². The van der Waals surface area contributed by atoms with Crippen LogP contribution in [0.1, 0.15) is 39.1 Å². The van der Waals surface area contributed by atoms with Crippen molar-refractivity contribution in [1.29, 1.82) is 0 Å². The maximum Gasteiger partial charge on any atom is 0.253 e. The number of carbonyl (C=O) groups excluding carboxylic acids is 2. The molecule has 1 aliphatic rings. The summed E-state index contributed by atoms with van der Waals surface area (Å²) in [7, 11) is 0. The third-order valence-electron chi connectivity index (χ3n) is 5.70. The standard InChI is InChI=1S/C21H21IN4O5/c1-10-19(29)13(8-27)16-18(20(10)30)25-15-12(2-3-14(28)17(15)24-16)21(31)23-11-4-6-26(9-22)7-5-11/h2-3,8,11,28-30H,4-7,9H2,1H3,(H,23,31). The van der Waals surface area contributed by atoms with Gasteiger partial charge >= 0.3 is 0 Å². The molecule has 1 amide bonds. The van der Waals surface area contributed by atoms with Gasteiger partial charge in [-0.25, -0.2) is 9.97 Å². The molecule has 4 rings (SSSR count). The molecule has 162 valence electrons. The van der Waals surface area contributed by atoms with Gasteiger partial charge in [-0.3, -0.25) is 14.5 Å². The molecule has 0 spiro atoms. The molecule has 0 atom stereocenters. The van der Waals surface area contributed by atoms with Crippen LogP contribution in [0.3, 0.4) is 0 Å². The number of hydrogen-bond donors (Lipinski definition) is 4. The average molecular weight is 536 g/mol. The number of amides is 1. The molecule has 0 radical (unpaired) electrons. The smallest absolute Gasteiger partial charge is 0.253 e. The van der Waals surface area contributed by atoms with E-state index in [-0.39, 0.29) is 62.2 Å². The van der Waals surface area contributed by atoms with Crippen LogP contribution in [0, 0.1) is 6.92 Å². The molecule has 2 heterocycles. The first-order valence-electron chi connectivity index (χ1n) is 9.78. The van der Waals surface area contributed by atoms with E-state index in [4.69, 9.17) is 0 Å². The predicted molar refractivity (Wildman–Crippen MR) is 123 cm³/mol. The molecule has 4 N–H and O–H groups in total. The zero-order valence-electron chi connectivity index (χ0n) is 16.7. The molecule has 9 nitrogen and oxygen atoms in total. The van der Waals surface area contributed by atoms with E-state index in [0.717, 1.165) is 30.5 Å². The van der Waals surface area contributed by atoms with Gasteiger partial charge in [0.25, 0.3) is 5.91 Å². The fourth-order valence-corrected chi connectivity index (χ4v) is 4.52. The van der Waals surface area contributed by atoms with Crippen LogP contribution in [-0.4, -0.2) is 66.1 Å². The largest absolute Gasteiger partial charge is 0.507 e. The minimum atomic E-state index is -0.403. The molecule has 31 heavy (non-hydrogen) atoms. The number of likely N-dealkylation sites (tertiary alicyclic amines) is 1. The van der Waals surface area contributed by atoms with Crippen LogP contribution in [-0.2, 0) is 0 Å². The van der Waals surface area contributed by atoms with Gasteiger partial charge in [0.15, 0.2) is 6.29 Å². The zero-order valence-corrected chi connectivity index (χ0v) is 18.9. The van der Waals surface area contributed by atoms with Gasteiger partial charge < -0.3 is 20.6 Å². The number of carbonyl (C=O) groups is 2. The number of piperidine rings is 1. The normalized spacial score (nSPS) is 15.4. The summed E-state index contributed by atoms with van der Waals surface area (Å²) >= 11 is 2.32. The topological polar surface area (TPSA) is 136 Å². The molecule has 3 aromatic rings. The van der Waals surface area contributed by atoms with Crippen molar-refractivity contribution in [2.75, 3.05) is 17.6 Å². The molecular formula is C21H21IN4O5. The number of nitrogens with zero attached hydrogens (tertiary/aromatic N) is 3. The second-order valence-corrected chi connectivity index (χ2v) is 8.27. The number of alkyl halides is 1. The summed E-state index contributed by atoms with van der Waals surface area (Å²) in [6.07, 6.45) is 2.09. The lowest BCUT2D eigenvalue weighted by Crippen LogP contribution is -2.44. The van der Waals surface area contributed by atoms with Crippen LogP contribution in [0.2, 0.25) is 0 Å². The number of phenols is 3. The summed E-state index contributed by atoms with van der Waals surface area (Å²) in [5.74, 6) is -1.32. The fourth-order valence-electron chi connectivity index (χ4n) is 3.83. The lowest BCUT2D eigenvalue weighted by Gasteiger charge is -2.31. The van der Waals surface area contributed by atoms with Crippen LogP contribution < -0.4 is 5.32 Å². The van der Waals surface area contributed by atoms with E-state index in [1.54, 1.807) is 0 Å². The molecule has 0 bridgehead atoms. The molecule has 0 unspecified atom stereocenters. The van der Waals surface area contributed by atoms with Gasteiger partial charge in [-0.1, -0.05) is 22.6 Å². The average Bonchev–Trinajstić information content (AvgIpc) is 2.78. The quantitative estimate of drug-likeness (QED) is 0.131. The first-order valence-corrected chi connectivity index (χ1v) is 11.3. The number of benzene rings is 2. The minimum Gasteiger partial charge on any atom is -0.507 e. The maximum atomic E-state index is 13.0. The zero-order chi connectivity index (χ0) is 22.3. The van der Waals surface area contributed by atoms with Crippen molar-refractivity contribution in [1.82, 2.24) is 20.2 Å². The summed E-state index contributed by atoms with van der Waals surface area (Å²) in [6, 6.07) is 2.82. The van der Waals surface area contributed by atoms with Crippen molar-refractivity contribution >= 4 is 56.9 Å². The van der Waals surface area contributed by atoms with E-state index in [1.807, 2.05) is 0 Å². The first-order chi connectivity index (χ1) is 14.8. The Morgan fingerprint density at radius 3 is 2.45 bits per heavy atom. The molecule has 2 aromatic carbocycles. The van der Waals surface area contributed by atoms with Gasteiger partial charge in [-0.05, 0) is 31.9 Å². The number of phenolic OH excluding ortho intramolecular Hbond substituents is 3. The molecule has 1 aliphatic heterocycles. The Labute approximate surface area is 191 Å². The summed E-state index contributed by atoms with van der Waals surface area (Å²) in [6.45, 7) is 3.25. The van der Waals surface area contributed by atoms with Crippen LogP contribution >= 0.6 is 22.6 Å². The lowest BCUT2D eigenvalue weighted by molar-refractivity contribution is 0.0917. The van der Waals surface area contributed by atoms with Crippen LogP contribution in [0.4, 0.5) is 0 Å². The lowest BCUT2D eigenvalue weighted by atomic mass is 10.0. The Kier molecular flexibility index (Phi) is 5.84. The Bertz CT molecular complexity index is 1210. The summed E-state index contributed by atoms with van der Waals surface area (Å²) in [5, 5.41) is 34.0. The van der Waals surface area contributed by atoms with Crippen molar-refractivity contribution in [2.24, 2.45) is 0 Å². The van der Waals surface area contributed by atoms with Gasteiger partial charge in [-0.15, -0.1) is 0 Å². The van der Waals surface area contributed by atoms with E-state index in [2.05, 4.69) is 42.8 Å². The second-order valence-electron chi connectivity index (χ2n) is 7.59. The maximum absolute atomic E-state index is 13.0. The van der Waals surface area contributed by atoms with Crippen LogP contribution in [0.5, 0.6) is 17.2 Å². The highest BCUT2D eigenvalue weighted by atomic mass is 127. The van der Waals surface area contributed by atoms with E-state index in [9.17, 15) is 24.9 Å². The van der Waals surface area contributed by atoms with Gasteiger partial charge in [0.1, 0.15) is 39.3 Å². The van der Waals surface area contributed by atoms with Gasteiger partial charge in [-0.2, -0.15) is 0 Å². The molecular weight excluding hydrogens is 515 g/mol. The monoisotopic (exact) mass is 536 g/mol.